The number of nitrogens with one attached hydrogen (secondary N) is 1. The number of hydrogen-bond acceptors (Lipinski definition) is 3. The highest BCUT2D eigenvalue weighted by molar-refractivity contribution is 5.27. The Balaban J connectivity index is 2.07. The van der Waals surface area contributed by atoms with Crippen LogP contribution in [0.3, 0.4) is 0 Å². The monoisotopic (exact) mass is 262 g/mol. The van der Waals surface area contributed by atoms with Crippen molar-refractivity contribution in [2.75, 3.05) is 13.1 Å². The number of aromatic nitrogens is 1. The third-order valence-electron chi connectivity index (χ3n) is 3.85. The lowest BCUT2D eigenvalue weighted by atomic mass is 9.90. The molecule has 0 saturated heterocycles. The van der Waals surface area contributed by atoms with Crippen LogP contribution < -0.4 is 10.1 Å². The van der Waals surface area contributed by atoms with Crippen molar-refractivity contribution >= 4 is 0 Å². The van der Waals surface area contributed by atoms with E-state index >= 15 is 0 Å². The summed E-state index contributed by atoms with van der Waals surface area (Å²) in [6.07, 6.45) is 7.98. The molecule has 2 unspecified atom stereocenters. The van der Waals surface area contributed by atoms with Crippen LogP contribution in [0, 0.1) is 5.92 Å². The Hall–Kier alpha value is -1.09. The van der Waals surface area contributed by atoms with Crippen LogP contribution in [0.4, 0.5) is 0 Å². The van der Waals surface area contributed by atoms with E-state index in [2.05, 4.69) is 37.1 Å². The maximum Gasteiger partial charge on any atom is 0.138 e. The molecule has 106 valence electrons. The van der Waals surface area contributed by atoms with Gasteiger partial charge < -0.3 is 10.1 Å². The van der Waals surface area contributed by atoms with E-state index in [4.69, 9.17) is 4.74 Å². The number of hydrogen-bond donors (Lipinski definition) is 1. The number of ether oxygens (including phenoxy) is 1. The van der Waals surface area contributed by atoms with Gasteiger partial charge in [-0.1, -0.05) is 13.3 Å². The average molecular weight is 262 g/mol. The zero-order valence-corrected chi connectivity index (χ0v) is 12.4. The summed E-state index contributed by atoms with van der Waals surface area (Å²) in [6, 6.07) is 2.18. The van der Waals surface area contributed by atoms with E-state index in [-0.39, 0.29) is 6.10 Å². The van der Waals surface area contributed by atoms with Gasteiger partial charge in [0, 0.05) is 6.20 Å². The first kappa shape index (κ1) is 14.3. The van der Waals surface area contributed by atoms with Crippen molar-refractivity contribution in [3.8, 4) is 5.75 Å². The summed E-state index contributed by atoms with van der Waals surface area (Å²) < 4.78 is 5.75. The molecule has 2 atom stereocenters. The van der Waals surface area contributed by atoms with Crippen LogP contribution in [0.15, 0.2) is 18.5 Å². The highest BCUT2D eigenvalue weighted by atomic mass is 16.5. The zero-order chi connectivity index (χ0) is 13.7. The molecule has 0 spiro atoms. The molecule has 1 heterocycles. The highest BCUT2D eigenvalue weighted by Crippen LogP contribution is 2.39. The van der Waals surface area contributed by atoms with E-state index in [0.29, 0.717) is 5.92 Å². The predicted molar refractivity (Wildman–Crippen MR) is 78.6 cm³/mol. The smallest absolute Gasteiger partial charge is 0.138 e. The first-order valence-corrected chi connectivity index (χ1v) is 7.53. The summed E-state index contributed by atoms with van der Waals surface area (Å²) in [6.45, 7) is 8.45. The van der Waals surface area contributed by atoms with E-state index in [1.165, 1.54) is 24.8 Å². The van der Waals surface area contributed by atoms with Crippen molar-refractivity contribution in [1.82, 2.24) is 10.3 Å². The lowest BCUT2D eigenvalue weighted by Gasteiger charge is -2.21. The quantitative estimate of drug-likeness (QED) is 0.853. The molecule has 2 rings (SSSR count). The van der Waals surface area contributed by atoms with Crippen molar-refractivity contribution in [3.63, 3.8) is 0 Å². The number of pyridine rings is 1. The first-order chi connectivity index (χ1) is 9.20. The minimum Gasteiger partial charge on any atom is -0.489 e. The summed E-state index contributed by atoms with van der Waals surface area (Å²) in [5.41, 5.74) is 1.35. The number of rotatable bonds is 6. The molecular weight excluding hydrogens is 236 g/mol. The van der Waals surface area contributed by atoms with E-state index < -0.39 is 0 Å². The van der Waals surface area contributed by atoms with Gasteiger partial charge in [0.1, 0.15) is 5.75 Å². The second-order valence-corrected chi connectivity index (χ2v) is 5.73. The van der Waals surface area contributed by atoms with E-state index in [9.17, 15) is 0 Å². The van der Waals surface area contributed by atoms with Gasteiger partial charge in [0.05, 0.1) is 12.3 Å². The van der Waals surface area contributed by atoms with E-state index in [0.717, 1.165) is 24.8 Å². The lowest BCUT2D eigenvalue weighted by Crippen LogP contribution is -2.24. The molecule has 1 saturated carbocycles. The van der Waals surface area contributed by atoms with Crippen LogP contribution in [-0.2, 0) is 0 Å². The van der Waals surface area contributed by atoms with Gasteiger partial charge in [-0.2, -0.15) is 0 Å². The van der Waals surface area contributed by atoms with Crippen molar-refractivity contribution in [2.45, 2.75) is 52.1 Å². The van der Waals surface area contributed by atoms with Crippen molar-refractivity contribution in [1.29, 1.82) is 0 Å². The van der Waals surface area contributed by atoms with Gasteiger partial charge in [0.2, 0.25) is 0 Å². The standard InChI is InChI=1S/C16H26N2O/c1-4-17-9-13-6-5-7-16(13)14-8-15(11-18-10-14)19-12(2)3/h8,10-13,16-17H,4-7,9H2,1-3H3. The predicted octanol–water partition coefficient (Wildman–Crippen LogP) is 3.36. The van der Waals surface area contributed by atoms with Crippen LogP contribution in [0.5, 0.6) is 5.75 Å². The summed E-state index contributed by atoms with van der Waals surface area (Å²) in [5.74, 6) is 2.29. The average Bonchev–Trinajstić information content (AvgIpc) is 2.84. The Morgan fingerprint density at radius 1 is 1.37 bits per heavy atom. The molecule has 1 aromatic heterocycles. The van der Waals surface area contributed by atoms with Gasteiger partial charge in [-0.15, -0.1) is 0 Å². The Morgan fingerprint density at radius 3 is 2.95 bits per heavy atom. The molecule has 1 fully saturated rings. The van der Waals surface area contributed by atoms with Crippen LogP contribution >= 0.6 is 0 Å². The van der Waals surface area contributed by atoms with Crippen molar-refractivity contribution in [2.24, 2.45) is 5.92 Å². The molecule has 1 aliphatic rings. The maximum absolute atomic E-state index is 5.75. The highest BCUT2D eigenvalue weighted by Gasteiger charge is 2.28. The van der Waals surface area contributed by atoms with Gasteiger partial charge in [-0.25, -0.2) is 0 Å². The molecule has 19 heavy (non-hydrogen) atoms. The lowest BCUT2D eigenvalue weighted by molar-refractivity contribution is 0.241. The molecular formula is C16H26N2O. The molecule has 0 radical (unpaired) electrons. The molecule has 0 aliphatic heterocycles. The largest absolute Gasteiger partial charge is 0.489 e. The first-order valence-electron chi connectivity index (χ1n) is 7.53. The second kappa shape index (κ2) is 6.90. The maximum atomic E-state index is 5.75. The molecule has 3 heteroatoms. The van der Waals surface area contributed by atoms with Gasteiger partial charge in [-0.3, -0.25) is 4.98 Å². The molecule has 1 N–H and O–H groups in total. The van der Waals surface area contributed by atoms with Gasteiger partial charge >= 0.3 is 0 Å². The fraction of sp³-hybridized carbons (Fsp3) is 0.688. The van der Waals surface area contributed by atoms with E-state index in [1.54, 1.807) is 0 Å². The molecule has 3 nitrogen and oxygen atoms in total. The Kier molecular flexibility index (Phi) is 5.20. The van der Waals surface area contributed by atoms with Crippen LogP contribution in [-0.4, -0.2) is 24.2 Å². The van der Waals surface area contributed by atoms with Gasteiger partial charge in [0.25, 0.3) is 0 Å². The minimum absolute atomic E-state index is 0.207. The summed E-state index contributed by atoms with van der Waals surface area (Å²) in [5, 5.41) is 3.49. The minimum atomic E-state index is 0.207. The summed E-state index contributed by atoms with van der Waals surface area (Å²) >= 11 is 0. The topological polar surface area (TPSA) is 34.2 Å². The van der Waals surface area contributed by atoms with Crippen molar-refractivity contribution in [3.05, 3.63) is 24.0 Å². The third kappa shape index (κ3) is 3.93. The SMILES string of the molecule is CCNCC1CCCC1c1cncc(OC(C)C)c1. The fourth-order valence-electron chi connectivity index (χ4n) is 3.02. The zero-order valence-electron chi connectivity index (χ0n) is 12.4. The van der Waals surface area contributed by atoms with Crippen molar-refractivity contribution < 1.29 is 4.74 Å². The fourth-order valence-corrected chi connectivity index (χ4v) is 3.02. The normalized spacial score (nSPS) is 22.9. The molecule has 1 aliphatic carbocycles. The van der Waals surface area contributed by atoms with Crippen LogP contribution in [0.1, 0.15) is 51.5 Å². The third-order valence-corrected chi connectivity index (χ3v) is 3.85. The van der Waals surface area contributed by atoms with Gasteiger partial charge in [-0.05, 0) is 63.2 Å². The second-order valence-electron chi connectivity index (χ2n) is 5.73. The molecule has 0 aromatic carbocycles. The Morgan fingerprint density at radius 2 is 2.21 bits per heavy atom. The van der Waals surface area contributed by atoms with E-state index in [1.807, 2.05) is 12.4 Å². The van der Waals surface area contributed by atoms with Gasteiger partial charge in [0.15, 0.2) is 0 Å². The molecule has 1 aromatic rings. The van der Waals surface area contributed by atoms with Crippen LogP contribution in [0.2, 0.25) is 0 Å². The molecule has 0 bridgehead atoms. The van der Waals surface area contributed by atoms with Crippen LogP contribution in [0.25, 0.3) is 0 Å². The Labute approximate surface area is 116 Å². The summed E-state index contributed by atoms with van der Waals surface area (Å²) in [7, 11) is 0. The Bertz CT molecular complexity index is 392. The summed E-state index contributed by atoms with van der Waals surface area (Å²) in [4.78, 5) is 4.35. The molecule has 0 amide bonds. The number of nitrogens with zero attached hydrogens (tertiary/aromatic N) is 1.